The molecule has 0 radical (unpaired) electrons. The molecule has 3 rings (SSSR count). The molecule has 3 aromatic carbocycles. The zero-order valence-electron chi connectivity index (χ0n) is 21.7. The fourth-order valence-electron chi connectivity index (χ4n) is 3.67. The molecule has 9 heteroatoms. The van der Waals surface area contributed by atoms with E-state index in [9.17, 15) is 14.4 Å². The van der Waals surface area contributed by atoms with Gasteiger partial charge in [-0.2, -0.15) is 0 Å². The third-order valence-corrected chi connectivity index (χ3v) is 6.52. The van der Waals surface area contributed by atoms with Gasteiger partial charge in [0.25, 0.3) is 0 Å². The number of carbonyl (C=O) groups excluding carboxylic acids is 2. The molecular weight excluding hydrogens is 527 g/mol. The van der Waals surface area contributed by atoms with Crippen LogP contribution in [0.25, 0.3) is 11.1 Å². The number of nitrogens with one attached hydrogen (secondary N) is 1. The van der Waals surface area contributed by atoms with Crippen molar-refractivity contribution in [1.82, 2.24) is 0 Å². The van der Waals surface area contributed by atoms with E-state index in [0.29, 0.717) is 27.2 Å². The maximum atomic E-state index is 12.7. The van der Waals surface area contributed by atoms with E-state index in [-0.39, 0.29) is 30.1 Å². The highest BCUT2D eigenvalue weighted by Gasteiger charge is 2.19. The lowest BCUT2D eigenvalue weighted by atomic mass is 9.87. The Morgan fingerprint density at radius 2 is 1.55 bits per heavy atom. The quantitative estimate of drug-likeness (QED) is 0.302. The van der Waals surface area contributed by atoms with Gasteiger partial charge in [-0.05, 0) is 58.5 Å². The first kappa shape index (κ1) is 29.0. The Labute approximate surface area is 232 Å². The number of ether oxygens (including phenoxy) is 1. The van der Waals surface area contributed by atoms with Crippen LogP contribution in [0.1, 0.15) is 39.2 Å². The molecule has 0 saturated heterocycles. The van der Waals surface area contributed by atoms with Crippen LogP contribution in [0.2, 0.25) is 10.0 Å². The number of hydrogen-bond acceptors (Lipinski definition) is 4. The van der Waals surface area contributed by atoms with Crippen LogP contribution in [0.3, 0.4) is 0 Å². The minimum Gasteiger partial charge on any atom is -0.482 e. The molecule has 0 aromatic heterocycles. The molecule has 0 aliphatic rings. The first-order chi connectivity index (χ1) is 17.8. The first-order valence-electron chi connectivity index (χ1n) is 12.0. The van der Waals surface area contributed by atoms with Crippen molar-refractivity contribution in [3.8, 4) is 16.9 Å². The molecule has 200 valence electrons. The second-order valence-electron chi connectivity index (χ2n) is 9.82. The normalized spacial score (nSPS) is 11.1. The van der Waals surface area contributed by atoms with Crippen molar-refractivity contribution >= 4 is 52.4 Å². The summed E-state index contributed by atoms with van der Waals surface area (Å²) in [5.74, 6) is -1.18. The predicted octanol–water partition coefficient (Wildman–Crippen LogP) is 6.80. The molecule has 7 nitrogen and oxygen atoms in total. The fraction of sp³-hybridized carbons (Fsp3) is 0.276. The molecule has 0 heterocycles. The predicted molar refractivity (Wildman–Crippen MR) is 151 cm³/mol. The van der Waals surface area contributed by atoms with Crippen LogP contribution in [0.15, 0.2) is 60.7 Å². The average Bonchev–Trinajstić information content (AvgIpc) is 2.86. The van der Waals surface area contributed by atoms with Crippen molar-refractivity contribution in [2.45, 2.75) is 39.0 Å². The molecule has 3 aromatic rings. The van der Waals surface area contributed by atoms with Gasteiger partial charge >= 0.3 is 5.97 Å². The molecule has 38 heavy (non-hydrogen) atoms. The smallest absolute Gasteiger partial charge is 0.341 e. The Hall–Kier alpha value is -3.55. The van der Waals surface area contributed by atoms with Gasteiger partial charge in [0.05, 0.1) is 21.4 Å². The van der Waals surface area contributed by atoms with Crippen molar-refractivity contribution in [3.63, 3.8) is 0 Å². The van der Waals surface area contributed by atoms with Crippen LogP contribution < -0.4 is 15.0 Å². The summed E-state index contributed by atoms with van der Waals surface area (Å²) in [6, 6.07) is 17.7. The van der Waals surface area contributed by atoms with Crippen molar-refractivity contribution in [2.24, 2.45) is 0 Å². The molecule has 2 N–H and O–H groups in total. The minimum atomic E-state index is -1.05. The summed E-state index contributed by atoms with van der Waals surface area (Å²) in [7, 11) is 1.64. The number of benzene rings is 3. The summed E-state index contributed by atoms with van der Waals surface area (Å²) in [6.07, 6.45) is -0.0115. The molecule has 0 atom stereocenters. The van der Waals surface area contributed by atoms with Gasteiger partial charge in [0.1, 0.15) is 5.75 Å². The number of halogens is 2. The van der Waals surface area contributed by atoms with E-state index in [1.807, 2.05) is 18.2 Å². The molecule has 0 unspecified atom stereocenters. The SMILES string of the molecule is CN(C(=O)CCC(=O)Nc1ccc(-c2ccc(OCC(=O)O)cc2)cc1Cl)c1ccc(C(C)(C)C)cc1Cl. The van der Waals surface area contributed by atoms with Gasteiger partial charge in [0.2, 0.25) is 11.8 Å². The van der Waals surface area contributed by atoms with Gasteiger partial charge < -0.3 is 20.1 Å². The molecule has 2 amide bonds. The van der Waals surface area contributed by atoms with Crippen molar-refractivity contribution in [2.75, 3.05) is 23.9 Å². The van der Waals surface area contributed by atoms with Gasteiger partial charge in [-0.1, -0.05) is 68.2 Å². The van der Waals surface area contributed by atoms with E-state index >= 15 is 0 Å². The van der Waals surface area contributed by atoms with Crippen LogP contribution in [-0.2, 0) is 19.8 Å². The van der Waals surface area contributed by atoms with Crippen LogP contribution in [0.5, 0.6) is 5.75 Å². The van der Waals surface area contributed by atoms with Gasteiger partial charge in [0.15, 0.2) is 6.61 Å². The first-order valence-corrected chi connectivity index (χ1v) is 12.7. The third-order valence-electron chi connectivity index (χ3n) is 5.91. The summed E-state index contributed by atoms with van der Waals surface area (Å²) < 4.78 is 5.14. The number of carboxylic acids is 1. The van der Waals surface area contributed by atoms with Crippen LogP contribution in [0, 0.1) is 0 Å². The molecular formula is C29H30Cl2N2O5. The van der Waals surface area contributed by atoms with Gasteiger partial charge in [-0.25, -0.2) is 4.79 Å². The number of rotatable bonds is 9. The Morgan fingerprint density at radius 1 is 0.895 bits per heavy atom. The molecule has 0 aliphatic heterocycles. The summed E-state index contributed by atoms with van der Waals surface area (Å²) in [4.78, 5) is 37.3. The summed E-state index contributed by atoms with van der Waals surface area (Å²) in [5, 5.41) is 12.3. The van der Waals surface area contributed by atoms with Crippen LogP contribution in [0.4, 0.5) is 11.4 Å². The van der Waals surface area contributed by atoms with E-state index in [1.54, 1.807) is 49.5 Å². The second kappa shape index (κ2) is 12.3. The average molecular weight is 557 g/mol. The fourth-order valence-corrected chi connectivity index (χ4v) is 4.20. The third kappa shape index (κ3) is 7.73. The van der Waals surface area contributed by atoms with E-state index in [0.717, 1.165) is 16.7 Å². The largest absolute Gasteiger partial charge is 0.482 e. The zero-order valence-corrected chi connectivity index (χ0v) is 23.2. The van der Waals surface area contributed by atoms with E-state index < -0.39 is 12.6 Å². The summed E-state index contributed by atoms with van der Waals surface area (Å²) >= 11 is 12.8. The summed E-state index contributed by atoms with van der Waals surface area (Å²) in [6.45, 7) is 5.85. The lowest BCUT2D eigenvalue weighted by Gasteiger charge is -2.23. The standard InChI is InChI=1S/C29H30Cl2N2O5/c1-29(2,3)20-8-12-25(23(31)16-20)33(4)27(35)14-13-26(34)32-24-11-7-19(15-22(24)30)18-5-9-21(10-6-18)38-17-28(36)37/h5-12,15-16H,13-14,17H2,1-4H3,(H,32,34)(H,36,37). The molecule has 0 bridgehead atoms. The monoisotopic (exact) mass is 556 g/mol. The molecule has 0 aliphatic carbocycles. The zero-order chi connectivity index (χ0) is 28.0. The Bertz CT molecular complexity index is 1330. The Balaban J connectivity index is 1.57. The molecule has 0 fully saturated rings. The molecule has 0 saturated carbocycles. The van der Waals surface area contributed by atoms with Crippen LogP contribution in [-0.4, -0.2) is 36.5 Å². The van der Waals surface area contributed by atoms with Gasteiger partial charge in [0, 0.05) is 19.9 Å². The highest BCUT2D eigenvalue weighted by Crippen LogP contribution is 2.32. The molecule has 0 spiro atoms. The minimum absolute atomic E-state index is 0.00564. The second-order valence-corrected chi connectivity index (χ2v) is 10.6. The highest BCUT2D eigenvalue weighted by atomic mass is 35.5. The Morgan fingerprint density at radius 3 is 2.13 bits per heavy atom. The number of carbonyl (C=O) groups is 3. The lowest BCUT2D eigenvalue weighted by molar-refractivity contribution is -0.139. The van der Waals surface area contributed by atoms with E-state index in [4.69, 9.17) is 33.0 Å². The number of carboxylic acid groups (broad SMARTS) is 1. The topological polar surface area (TPSA) is 95.9 Å². The number of aliphatic carboxylic acids is 1. The van der Waals surface area contributed by atoms with E-state index in [2.05, 4.69) is 26.1 Å². The van der Waals surface area contributed by atoms with Crippen molar-refractivity contribution in [3.05, 3.63) is 76.3 Å². The summed E-state index contributed by atoms with van der Waals surface area (Å²) in [5.41, 5.74) is 3.68. The number of nitrogens with zero attached hydrogens (tertiary/aromatic N) is 1. The number of anilines is 2. The number of hydrogen-bond donors (Lipinski definition) is 2. The Kier molecular flexibility index (Phi) is 9.41. The highest BCUT2D eigenvalue weighted by molar-refractivity contribution is 6.34. The van der Waals surface area contributed by atoms with E-state index in [1.165, 1.54) is 4.90 Å². The maximum absolute atomic E-state index is 12.7. The lowest BCUT2D eigenvalue weighted by Crippen LogP contribution is -2.27. The maximum Gasteiger partial charge on any atom is 0.341 e. The van der Waals surface area contributed by atoms with Gasteiger partial charge in [-0.3, -0.25) is 9.59 Å². The van der Waals surface area contributed by atoms with Crippen molar-refractivity contribution < 1.29 is 24.2 Å². The van der Waals surface area contributed by atoms with Crippen molar-refractivity contribution in [1.29, 1.82) is 0 Å². The van der Waals surface area contributed by atoms with Gasteiger partial charge in [-0.15, -0.1) is 0 Å². The number of amides is 2. The van der Waals surface area contributed by atoms with Crippen LogP contribution >= 0.6 is 23.2 Å².